The third kappa shape index (κ3) is 4.62. The number of nitrogens with zero attached hydrogens (tertiary/aromatic N) is 2. The Morgan fingerprint density at radius 1 is 1.00 bits per heavy atom. The van der Waals surface area contributed by atoms with E-state index in [1.54, 1.807) is 24.3 Å². The van der Waals surface area contributed by atoms with Gasteiger partial charge in [0, 0.05) is 36.9 Å². The molecule has 3 rings (SSSR count). The number of likely N-dealkylation sites (N-methyl/N-ethyl adjacent to an activating group) is 1. The Kier molecular flexibility index (Phi) is 6.08. The van der Waals surface area contributed by atoms with Gasteiger partial charge in [0.2, 0.25) is 10.0 Å². The maximum absolute atomic E-state index is 12.9. The van der Waals surface area contributed by atoms with Crippen molar-refractivity contribution >= 4 is 44.8 Å². The lowest BCUT2D eigenvalue weighted by Crippen LogP contribution is -2.47. The number of amides is 1. The van der Waals surface area contributed by atoms with Crippen molar-refractivity contribution in [3.63, 3.8) is 0 Å². The van der Waals surface area contributed by atoms with Gasteiger partial charge in [-0.2, -0.15) is 4.31 Å². The highest BCUT2D eigenvalue weighted by Gasteiger charge is 2.28. The van der Waals surface area contributed by atoms with Gasteiger partial charge < -0.3 is 10.2 Å². The first-order valence-corrected chi connectivity index (χ1v) is 10.5. The number of hydrogen-bond donors (Lipinski definition) is 1. The minimum absolute atomic E-state index is 0.0534. The van der Waals surface area contributed by atoms with E-state index < -0.39 is 15.9 Å². The maximum atomic E-state index is 12.9. The zero-order valence-electron chi connectivity index (χ0n) is 14.7. The van der Waals surface area contributed by atoms with E-state index in [-0.39, 0.29) is 15.5 Å². The van der Waals surface area contributed by atoms with E-state index in [0.29, 0.717) is 36.9 Å². The van der Waals surface area contributed by atoms with Crippen LogP contribution in [-0.4, -0.2) is 56.8 Å². The van der Waals surface area contributed by atoms with Crippen LogP contribution >= 0.6 is 23.2 Å². The predicted octanol–water partition coefficient (Wildman–Crippen LogP) is 3.18. The van der Waals surface area contributed by atoms with Crippen LogP contribution in [-0.2, 0) is 10.0 Å². The summed E-state index contributed by atoms with van der Waals surface area (Å²) in [6, 6.07) is 10.8. The first-order valence-electron chi connectivity index (χ1n) is 8.32. The molecule has 1 amide bonds. The van der Waals surface area contributed by atoms with Gasteiger partial charge in [-0.1, -0.05) is 23.2 Å². The van der Waals surface area contributed by atoms with Crippen LogP contribution in [0.5, 0.6) is 0 Å². The van der Waals surface area contributed by atoms with E-state index in [9.17, 15) is 13.2 Å². The van der Waals surface area contributed by atoms with Crippen molar-refractivity contribution in [2.75, 3.05) is 38.5 Å². The molecule has 1 fully saturated rings. The number of benzene rings is 2. The minimum Gasteiger partial charge on any atom is -0.322 e. The van der Waals surface area contributed by atoms with Crippen molar-refractivity contribution in [3.8, 4) is 0 Å². The molecule has 0 aliphatic carbocycles. The summed E-state index contributed by atoms with van der Waals surface area (Å²) in [5, 5.41) is 3.42. The van der Waals surface area contributed by atoms with Crippen molar-refractivity contribution in [2.45, 2.75) is 4.90 Å². The number of sulfonamides is 1. The minimum atomic E-state index is -3.69. The Morgan fingerprint density at radius 3 is 2.26 bits per heavy atom. The van der Waals surface area contributed by atoms with Crippen molar-refractivity contribution < 1.29 is 13.2 Å². The van der Waals surface area contributed by atoms with E-state index in [1.807, 2.05) is 7.05 Å². The second-order valence-electron chi connectivity index (χ2n) is 6.31. The van der Waals surface area contributed by atoms with E-state index in [0.717, 1.165) is 0 Å². The van der Waals surface area contributed by atoms with Gasteiger partial charge in [0.05, 0.1) is 15.5 Å². The molecule has 2 aromatic carbocycles. The van der Waals surface area contributed by atoms with Crippen molar-refractivity contribution in [1.29, 1.82) is 0 Å². The predicted molar refractivity (Wildman–Crippen MR) is 107 cm³/mol. The lowest BCUT2D eigenvalue weighted by atomic mass is 10.2. The maximum Gasteiger partial charge on any atom is 0.257 e. The summed E-state index contributed by atoms with van der Waals surface area (Å²) in [5.74, 6) is -0.488. The highest BCUT2D eigenvalue weighted by atomic mass is 35.5. The summed E-state index contributed by atoms with van der Waals surface area (Å²) >= 11 is 12.0. The Hall–Kier alpha value is -1.64. The Bertz CT molecular complexity index is 941. The van der Waals surface area contributed by atoms with Crippen LogP contribution in [0.2, 0.25) is 10.0 Å². The first-order chi connectivity index (χ1) is 12.8. The van der Waals surface area contributed by atoms with Gasteiger partial charge in [-0.05, 0) is 49.5 Å². The Labute approximate surface area is 168 Å². The monoisotopic (exact) mass is 427 g/mol. The molecule has 27 heavy (non-hydrogen) atoms. The van der Waals surface area contributed by atoms with E-state index >= 15 is 0 Å². The zero-order valence-corrected chi connectivity index (χ0v) is 17.0. The van der Waals surface area contributed by atoms with Gasteiger partial charge in [-0.15, -0.1) is 0 Å². The second-order valence-corrected chi connectivity index (χ2v) is 9.09. The Balaban J connectivity index is 1.85. The van der Waals surface area contributed by atoms with Crippen molar-refractivity contribution in [2.24, 2.45) is 0 Å². The fourth-order valence-electron chi connectivity index (χ4n) is 2.75. The molecule has 0 spiro atoms. The van der Waals surface area contributed by atoms with Gasteiger partial charge in [0.15, 0.2) is 0 Å². The largest absolute Gasteiger partial charge is 0.322 e. The summed E-state index contributed by atoms with van der Waals surface area (Å²) in [7, 11) is -1.74. The van der Waals surface area contributed by atoms with Crippen LogP contribution in [0.3, 0.4) is 0 Å². The fourth-order valence-corrected chi connectivity index (χ4v) is 4.53. The van der Waals surface area contributed by atoms with Gasteiger partial charge in [-0.3, -0.25) is 4.79 Å². The summed E-state index contributed by atoms with van der Waals surface area (Å²) < 4.78 is 27.2. The highest BCUT2D eigenvalue weighted by molar-refractivity contribution is 7.89. The van der Waals surface area contributed by atoms with Gasteiger partial charge in [0.25, 0.3) is 5.91 Å². The molecule has 1 saturated heterocycles. The molecular weight excluding hydrogens is 409 g/mol. The molecule has 0 saturated carbocycles. The summed E-state index contributed by atoms with van der Waals surface area (Å²) in [6.07, 6.45) is 0. The smallest absolute Gasteiger partial charge is 0.257 e. The summed E-state index contributed by atoms with van der Waals surface area (Å²) in [6.45, 7) is 2.15. The number of halogens is 2. The normalized spacial score (nSPS) is 16.3. The first kappa shape index (κ1) is 20.1. The zero-order chi connectivity index (χ0) is 19.6. The molecule has 1 aliphatic rings. The number of nitrogens with one attached hydrogen (secondary N) is 1. The van der Waals surface area contributed by atoms with Crippen LogP contribution in [0.25, 0.3) is 0 Å². The quantitative estimate of drug-likeness (QED) is 0.812. The number of rotatable bonds is 4. The summed E-state index contributed by atoms with van der Waals surface area (Å²) in [4.78, 5) is 14.7. The molecule has 6 nitrogen and oxygen atoms in total. The fraction of sp³-hybridized carbons (Fsp3) is 0.278. The van der Waals surface area contributed by atoms with Crippen LogP contribution in [0, 0.1) is 0 Å². The lowest BCUT2D eigenvalue weighted by Gasteiger charge is -2.31. The number of carbonyl (C=O) groups is 1. The molecule has 0 unspecified atom stereocenters. The molecule has 1 aliphatic heterocycles. The third-order valence-electron chi connectivity index (χ3n) is 4.38. The number of carbonyl (C=O) groups excluding carboxylic acids is 1. The van der Waals surface area contributed by atoms with Gasteiger partial charge >= 0.3 is 0 Å². The van der Waals surface area contributed by atoms with Gasteiger partial charge in [-0.25, -0.2) is 8.42 Å². The van der Waals surface area contributed by atoms with Crippen LogP contribution in [0.4, 0.5) is 5.69 Å². The average Bonchev–Trinajstić information content (AvgIpc) is 2.64. The standard InChI is InChI=1S/C18H19Cl2N3O3S/c1-22-8-10-23(11-9-22)27(25,26)15-6-7-17(20)16(12-15)18(24)21-14-4-2-13(19)3-5-14/h2-7,12H,8-11H2,1H3,(H,21,24). The number of piperazine rings is 1. The van der Waals surface area contributed by atoms with Crippen LogP contribution in [0.1, 0.15) is 10.4 Å². The molecule has 0 aromatic heterocycles. The summed E-state index contributed by atoms with van der Waals surface area (Å²) in [5.41, 5.74) is 0.634. The molecule has 0 atom stereocenters. The van der Waals surface area contributed by atoms with Crippen molar-refractivity contribution in [1.82, 2.24) is 9.21 Å². The van der Waals surface area contributed by atoms with E-state index in [4.69, 9.17) is 23.2 Å². The van der Waals surface area contributed by atoms with Gasteiger partial charge in [0.1, 0.15) is 0 Å². The molecule has 9 heteroatoms. The molecule has 1 heterocycles. The Morgan fingerprint density at radius 2 is 1.63 bits per heavy atom. The molecular formula is C18H19Cl2N3O3S. The van der Waals surface area contributed by atoms with Crippen LogP contribution < -0.4 is 5.32 Å². The van der Waals surface area contributed by atoms with Crippen LogP contribution in [0.15, 0.2) is 47.4 Å². The van der Waals surface area contributed by atoms with E-state index in [1.165, 1.54) is 22.5 Å². The number of anilines is 1. The molecule has 0 bridgehead atoms. The molecule has 1 N–H and O–H groups in total. The average molecular weight is 428 g/mol. The lowest BCUT2D eigenvalue weighted by molar-refractivity contribution is 0.102. The van der Waals surface area contributed by atoms with Crippen molar-refractivity contribution in [3.05, 3.63) is 58.1 Å². The number of hydrogen-bond acceptors (Lipinski definition) is 4. The highest BCUT2D eigenvalue weighted by Crippen LogP contribution is 2.25. The second kappa shape index (κ2) is 8.16. The SMILES string of the molecule is CN1CCN(S(=O)(=O)c2ccc(Cl)c(C(=O)Nc3ccc(Cl)cc3)c2)CC1. The molecule has 144 valence electrons. The topological polar surface area (TPSA) is 69.7 Å². The molecule has 0 radical (unpaired) electrons. The molecule has 2 aromatic rings. The van der Waals surface area contributed by atoms with E-state index in [2.05, 4.69) is 10.2 Å². The third-order valence-corrected chi connectivity index (χ3v) is 6.86.